The average Bonchev–Trinajstić information content (AvgIpc) is 2.26. The maximum absolute atomic E-state index is 11.8. The number of rotatable bonds is 3. The lowest BCUT2D eigenvalue weighted by molar-refractivity contribution is -0.121. The number of carbonyl (C=O) groups is 2. The first kappa shape index (κ1) is 17.0. The van der Waals surface area contributed by atoms with E-state index < -0.39 is 6.03 Å². The van der Waals surface area contributed by atoms with Crippen molar-refractivity contribution < 1.29 is 9.59 Å². The quantitative estimate of drug-likeness (QED) is 0.834. The summed E-state index contributed by atoms with van der Waals surface area (Å²) in [7, 11) is 1.96. The molecule has 0 aromatic heterocycles. The van der Waals surface area contributed by atoms with Crippen molar-refractivity contribution in [1.29, 1.82) is 0 Å². The summed E-state index contributed by atoms with van der Waals surface area (Å²) in [5.41, 5.74) is -0.338. The molecule has 0 aromatic rings. The third-order valence-electron chi connectivity index (χ3n) is 3.74. The Kier molecular flexibility index (Phi) is 5.99. The molecule has 0 radical (unpaired) electrons. The fourth-order valence-electron chi connectivity index (χ4n) is 2.58. The van der Waals surface area contributed by atoms with Crippen LogP contribution >= 0.6 is 0 Å². The van der Waals surface area contributed by atoms with Gasteiger partial charge in [0.2, 0.25) is 5.91 Å². The Morgan fingerprint density at radius 1 is 1.15 bits per heavy atom. The molecule has 5 heteroatoms. The van der Waals surface area contributed by atoms with E-state index >= 15 is 0 Å². The number of likely N-dealkylation sites (N-methyl/N-ethyl adjacent to an activating group) is 1. The van der Waals surface area contributed by atoms with Gasteiger partial charge in [-0.25, -0.2) is 4.79 Å². The number of hydrogen-bond acceptors (Lipinski definition) is 3. The van der Waals surface area contributed by atoms with E-state index in [1.165, 1.54) is 12.8 Å². The summed E-state index contributed by atoms with van der Waals surface area (Å²) >= 11 is 0. The van der Waals surface area contributed by atoms with Crippen molar-refractivity contribution in [3.8, 4) is 0 Å². The van der Waals surface area contributed by atoms with Gasteiger partial charge in [0.1, 0.15) is 0 Å². The van der Waals surface area contributed by atoms with Crippen molar-refractivity contribution in [2.24, 2.45) is 5.92 Å². The second kappa shape index (κ2) is 7.07. The SMILES string of the molecule is CC1CCC(N(C)CC(=O)NC(=O)NC(C)(C)C)CC1. The van der Waals surface area contributed by atoms with Crippen LogP contribution in [0, 0.1) is 5.92 Å². The largest absolute Gasteiger partial charge is 0.333 e. The highest BCUT2D eigenvalue weighted by atomic mass is 16.2. The number of urea groups is 1. The van der Waals surface area contributed by atoms with Gasteiger partial charge in [0.25, 0.3) is 0 Å². The fourth-order valence-corrected chi connectivity index (χ4v) is 2.58. The van der Waals surface area contributed by atoms with Gasteiger partial charge in [-0.3, -0.25) is 15.0 Å². The summed E-state index contributed by atoms with van der Waals surface area (Å²) in [5.74, 6) is 0.555. The summed E-state index contributed by atoms with van der Waals surface area (Å²) in [6.07, 6.45) is 4.72. The molecule has 0 bridgehead atoms. The molecule has 0 aliphatic heterocycles. The maximum atomic E-state index is 11.8. The first-order chi connectivity index (χ1) is 9.17. The number of nitrogens with one attached hydrogen (secondary N) is 2. The predicted molar refractivity (Wildman–Crippen MR) is 80.5 cm³/mol. The van der Waals surface area contributed by atoms with Crippen molar-refractivity contribution >= 4 is 11.9 Å². The van der Waals surface area contributed by atoms with Gasteiger partial charge >= 0.3 is 6.03 Å². The average molecular weight is 283 g/mol. The van der Waals surface area contributed by atoms with Crippen molar-refractivity contribution in [1.82, 2.24) is 15.5 Å². The zero-order valence-corrected chi connectivity index (χ0v) is 13.5. The molecule has 20 heavy (non-hydrogen) atoms. The first-order valence-corrected chi connectivity index (χ1v) is 7.49. The number of imide groups is 1. The van der Waals surface area contributed by atoms with Crippen LogP contribution in [0.15, 0.2) is 0 Å². The van der Waals surface area contributed by atoms with E-state index in [2.05, 4.69) is 22.5 Å². The molecule has 0 aromatic carbocycles. The minimum atomic E-state index is -0.423. The molecule has 0 heterocycles. The summed E-state index contributed by atoms with van der Waals surface area (Å²) in [6.45, 7) is 8.20. The van der Waals surface area contributed by atoms with E-state index in [1.54, 1.807) is 0 Å². The van der Waals surface area contributed by atoms with Crippen LogP contribution in [0.25, 0.3) is 0 Å². The highest BCUT2D eigenvalue weighted by Gasteiger charge is 2.23. The van der Waals surface area contributed by atoms with Crippen molar-refractivity contribution in [2.45, 2.75) is 65.0 Å². The van der Waals surface area contributed by atoms with Gasteiger partial charge in [-0.15, -0.1) is 0 Å². The normalized spacial score (nSPS) is 23.5. The molecule has 1 saturated carbocycles. The Labute approximate surface area is 122 Å². The van der Waals surface area contributed by atoms with Crippen LogP contribution in [-0.2, 0) is 4.79 Å². The van der Waals surface area contributed by atoms with E-state index in [9.17, 15) is 9.59 Å². The Bertz CT molecular complexity index is 342. The Hall–Kier alpha value is -1.10. The van der Waals surface area contributed by atoms with Crippen molar-refractivity contribution in [3.63, 3.8) is 0 Å². The van der Waals surface area contributed by atoms with Gasteiger partial charge in [-0.2, -0.15) is 0 Å². The molecule has 3 amide bonds. The van der Waals surface area contributed by atoms with E-state index in [0.29, 0.717) is 6.04 Å². The van der Waals surface area contributed by atoms with Crippen LogP contribution in [0.3, 0.4) is 0 Å². The van der Waals surface area contributed by atoms with Crippen molar-refractivity contribution in [3.05, 3.63) is 0 Å². The van der Waals surface area contributed by atoms with Gasteiger partial charge in [-0.1, -0.05) is 6.92 Å². The highest BCUT2D eigenvalue weighted by molar-refractivity contribution is 5.95. The summed E-state index contributed by atoms with van der Waals surface area (Å²) in [4.78, 5) is 25.5. The van der Waals surface area contributed by atoms with Crippen molar-refractivity contribution in [2.75, 3.05) is 13.6 Å². The van der Waals surface area contributed by atoms with E-state index in [0.717, 1.165) is 18.8 Å². The minimum Gasteiger partial charge on any atom is -0.333 e. The van der Waals surface area contributed by atoms with E-state index in [1.807, 2.05) is 27.8 Å². The molecule has 2 N–H and O–H groups in total. The van der Waals surface area contributed by atoms with Crippen LogP contribution in [0.2, 0.25) is 0 Å². The molecular formula is C15H29N3O2. The van der Waals surface area contributed by atoms with Crippen LogP contribution in [-0.4, -0.2) is 42.0 Å². The van der Waals surface area contributed by atoms with Crippen LogP contribution < -0.4 is 10.6 Å². The van der Waals surface area contributed by atoms with Gasteiger partial charge in [0, 0.05) is 11.6 Å². The zero-order valence-electron chi connectivity index (χ0n) is 13.5. The number of hydrogen-bond donors (Lipinski definition) is 2. The molecular weight excluding hydrogens is 254 g/mol. The fraction of sp³-hybridized carbons (Fsp3) is 0.867. The highest BCUT2D eigenvalue weighted by Crippen LogP contribution is 2.26. The van der Waals surface area contributed by atoms with Gasteiger partial charge in [-0.05, 0) is 59.4 Å². The van der Waals surface area contributed by atoms with Gasteiger partial charge in [0.15, 0.2) is 0 Å². The van der Waals surface area contributed by atoms with Crippen LogP contribution in [0.5, 0.6) is 0 Å². The van der Waals surface area contributed by atoms with Gasteiger partial charge in [0.05, 0.1) is 6.54 Å². The number of nitrogens with zero attached hydrogens (tertiary/aromatic N) is 1. The Balaban J connectivity index is 2.33. The standard InChI is InChI=1S/C15H29N3O2/c1-11-6-8-12(9-7-11)18(5)10-13(19)16-14(20)17-15(2,3)4/h11-12H,6-10H2,1-5H3,(H2,16,17,19,20). The minimum absolute atomic E-state index is 0.243. The second-order valence-electron chi connectivity index (χ2n) is 7.08. The van der Waals surface area contributed by atoms with E-state index in [4.69, 9.17) is 0 Å². The summed E-state index contributed by atoms with van der Waals surface area (Å²) in [5, 5.41) is 5.10. The number of carbonyl (C=O) groups excluding carboxylic acids is 2. The first-order valence-electron chi connectivity index (χ1n) is 7.49. The molecule has 1 fully saturated rings. The Morgan fingerprint density at radius 3 is 2.20 bits per heavy atom. The number of amides is 3. The summed E-state index contributed by atoms with van der Waals surface area (Å²) in [6, 6.07) is 0.0378. The molecule has 1 rings (SSSR count). The van der Waals surface area contributed by atoms with E-state index in [-0.39, 0.29) is 18.0 Å². The molecule has 116 valence electrons. The van der Waals surface area contributed by atoms with Crippen LogP contribution in [0.4, 0.5) is 4.79 Å². The molecule has 0 saturated heterocycles. The maximum Gasteiger partial charge on any atom is 0.321 e. The third kappa shape index (κ3) is 6.37. The zero-order chi connectivity index (χ0) is 15.3. The summed E-state index contributed by atoms with van der Waals surface area (Å²) < 4.78 is 0. The molecule has 0 atom stereocenters. The lowest BCUT2D eigenvalue weighted by Gasteiger charge is -2.33. The second-order valence-corrected chi connectivity index (χ2v) is 7.08. The lowest BCUT2D eigenvalue weighted by Crippen LogP contribution is -2.51. The Morgan fingerprint density at radius 2 is 1.70 bits per heavy atom. The molecule has 1 aliphatic rings. The van der Waals surface area contributed by atoms with Crippen LogP contribution in [0.1, 0.15) is 53.4 Å². The lowest BCUT2D eigenvalue weighted by atomic mass is 9.87. The predicted octanol–water partition coefficient (Wildman–Crippen LogP) is 2.12. The molecule has 5 nitrogen and oxygen atoms in total. The molecule has 0 spiro atoms. The molecule has 0 unspecified atom stereocenters. The van der Waals surface area contributed by atoms with Gasteiger partial charge < -0.3 is 5.32 Å². The third-order valence-corrected chi connectivity index (χ3v) is 3.74. The monoisotopic (exact) mass is 283 g/mol. The molecule has 1 aliphatic carbocycles. The topological polar surface area (TPSA) is 61.4 Å². The smallest absolute Gasteiger partial charge is 0.321 e.